The maximum atomic E-state index is 11.6. The minimum absolute atomic E-state index is 0.118. The molecule has 1 fully saturated rings. The van der Waals surface area contributed by atoms with Crippen LogP contribution in [-0.4, -0.2) is 22.0 Å². The van der Waals surface area contributed by atoms with Gasteiger partial charge >= 0.3 is 0 Å². The van der Waals surface area contributed by atoms with E-state index in [1.54, 1.807) is 12.3 Å². The number of aromatic nitrogens is 1. The molecule has 1 aromatic heterocycles. The van der Waals surface area contributed by atoms with Gasteiger partial charge in [-0.2, -0.15) is 0 Å². The first-order chi connectivity index (χ1) is 7.16. The number of pyridine rings is 1. The summed E-state index contributed by atoms with van der Waals surface area (Å²) in [5.41, 5.74) is 0.711. The van der Waals surface area contributed by atoms with Gasteiger partial charge < -0.3 is 5.11 Å². The van der Waals surface area contributed by atoms with E-state index in [4.69, 9.17) is 0 Å². The minimum atomic E-state index is -0.782. The third-order valence-corrected chi connectivity index (χ3v) is 3.01. The van der Waals surface area contributed by atoms with Crippen LogP contribution in [0.1, 0.15) is 18.5 Å². The lowest BCUT2D eigenvalue weighted by atomic mass is 10.1. The van der Waals surface area contributed by atoms with E-state index in [-0.39, 0.29) is 18.1 Å². The number of carbonyl (C=O) groups excluding carboxylic acids is 1. The maximum Gasteiger partial charge on any atom is 0.167 e. The first-order valence-corrected chi connectivity index (χ1v) is 5.77. The molecule has 1 atom stereocenters. The first kappa shape index (κ1) is 10.8. The molecule has 0 spiro atoms. The third kappa shape index (κ3) is 2.86. The summed E-state index contributed by atoms with van der Waals surface area (Å²) >= 11 is 3.28. The van der Waals surface area contributed by atoms with Crippen molar-refractivity contribution in [3.63, 3.8) is 0 Å². The highest BCUT2D eigenvalue weighted by Gasteiger charge is 2.34. The van der Waals surface area contributed by atoms with E-state index in [9.17, 15) is 9.90 Å². The van der Waals surface area contributed by atoms with Crippen molar-refractivity contribution < 1.29 is 9.90 Å². The number of ketones is 1. The molecular weight excluding hydrogens is 258 g/mol. The molecule has 3 nitrogen and oxygen atoms in total. The quantitative estimate of drug-likeness (QED) is 0.906. The highest BCUT2D eigenvalue weighted by atomic mass is 79.9. The van der Waals surface area contributed by atoms with Gasteiger partial charge in [-0.05, 0) is 46.8 Å². The van der Waals surface area contributed by atoms with Gasteiger partial charge in [-0.25, -0.2) is 0 Å². The van der Waals surface area contributed by atoms with Crippen molar-refractivity contribution in [2.24, 2.45) is 5.92 Å². The summed E-state index contributed by atoms with van der Waals surface area (Å²) in [4.78, 5) is 15.7. The third-order valence-electron chi connectivity index (χ3n) is 2.54. The van der Waals surface area contributed by atoms with Gasteiger partial charge in [0.25, 0.3) is 0 Å². The van der Waals surface area contributed by atoms with Crippen LogP contribution in [0, 0.1) is 5.92 Å². The predicted octanol–water partition coefficient (Wildman–Crippen LogP) is 1.73. The van der Waals surface area contributed by atoms with E-state index in [1.807, 2.05) is 6.07 Å². The Morgan fingerprint density at radius 3 is 2.87 bits per heavy atom. The lowest BCUT2D eigenvalue weighted by Crippen LogP contribution is -2.24. The summed E-state index contributed by atoms with van der Waals surface area (Å²) in [6.45, 7) is 0. The normalized spacial score (nSPS) is 17.5. The SMILES string of the molecule is O=C(Cc1ccc(Br)cn1)C(O)C1CC1. The van der Waals surface area contributed by atoms with Crippen molar-refractivity contribution in [3.05, 3.63) is 28.5 Å². The Morgan fingerprint density at radius 2 is 2.33 bits per heavy atom. The van der Waals surface area contributed by atoms with Crippen LogP contribution < -0.4 is 0 Å². The van der Waals surface area contributed by atoms with Gasteiger partial charge in [-0.1, -0.05) is 0 Å². The van der Waals surface area contributed by atoms with E-state index in [0.29, 0.717) is 5.69 Å². The molecule has 1 saturated carbocycles. The maximum absolute atomic E-state index is 11.6. The molecule has 0 aliphatic heterocycles. The van der Waals surface area contributed by atoms with Crippen LogP contribution in [0.15, 0.2) is 22.8 Å². The number of nitrogens with zero attached hydrogens (tertiary/aromatic N) is 1. The average molecular weight is 270 g/mol. The number of halogens is 1. The fraction of sp³-hybridized carbons (Fsp3) is 0.455. The first-order valence-electron chi connectivity index (χ1n) is 4.98. The number of aliphatic hydroxyl groups is 1. The summed E-state index contributed by atoms with van der Waals surface area (Å²) < 4.78 is 0.890. The second-order valence-corrected chi connectivity index (χ2v) is 4.81. The molecule has 1 heterocycles. The Labute approximate surface area is 96.7 Å². The molecule has 1 unspecified atom stereocenters. The summed E-state index contributed by atoms with van der Waals surface area (Å²) in [6, 6.07) is 3.64. The van der Waals surface area contributed by atoms with Crippen LogP contribution in [-0.2, 0) is 11.2 Å². The smallest absolute Gasteiger partial charge is 0.167 e. The molecular formula is C11H12BrNO2. The van der Waals surface area contributed by atoms with Crippen LogP contribution in [0.25, 0.3) is 0 Å². The van der Waals surface area contributed by atoms with Crippen LogP contribution in [0.5, 0.6) is 0 Å². The van der Waals surface area contributed by atoms with Gasteiger partial charge in [-0.3, -0.25) is 9.78 Å². The zero-order chi connectivity index (χ0) is 10.8. The summed E-state index contributed by atoms with van der Waals surface area (Å²) in [5.74, 6) is 0.0836. The van der Waals surface area contributed by atoms with E-state index in [1.165, 1.54) is 0 Å². The number of aliphatic hydroxyl groups excluding tert-OH is 1. The molecule has 1 aliphatic carbocycles. The monoisotopic (exact) mass is 269 g/mol. The molecule has 0 saturated heterocycles. The van der Waals surface area contributed by atoms with Gasteiger partial charge in [0.1, 0.15) is 6.10 Å². The molecule has 2 rings (SSSR count). The Hall–Kier alpha value is -0.740. The van der Waals surface area contributed by atoms with Crippen LogP contribution in [0.3, 0.4) is 0 Å². The molecule has 1 aromatic rings. The van der Waals surface area contributed by atoms with Gasteiger partial charge in [0, 0.05) is 16.4 Å². The van der Waals surface area contributed by atoms with Crippen molar-refractivity contribution in [2.75, 3.05) is 0 Å². The van der Waals surface area contributed by atoms with E-state index in [2.05, 4.69) is 20.9 Å². The Bertz CT molecular complexity index is 359. The highest BCUT2D eigenvalue weighted by molar-refractivity contribution is 9.10. The second kappa shape index (κ2) is 4.41. The minimum Gasteiger partial charge on any atom is -0.385 e. The molecule has 0 bridgehead atoms. The van der Waals surface area contributed by atoms with Crippen LogP contribution >= 0.6 is 15.9 Å². The molecule has 15 heavy (non-hydrogen) atoms. The number of carbonyl (C=O) groups is 1. The van der Waals surface area contributed by atoms with Gasteiger partial charge in [0.05, 0.1) is 6.42 Å². The fourth-order valence-electron chi connectivity index (χ4n) is 1.47. The zero-order valence-electron chi connectivity index (χ0n) is 8.19. The molecule has 1 N–H and O–H groups in total. The van der Waals surface area contributed by atoms with Gasteiger partial charge in [0.15, 0.2) is 5.78 Å². The largest absolute Gasteiger partial charge is 0.385 e. The summed E-state index contributed by atoms with van der Waals surface area (Å²) in [5, 5.41) is 9.59. The average Bonchev–Trinajstić information content (AvgIpc) is 3.04. The second-order valence-electron chi connectivity index (χ2n) is 3.89. The van der Waals surface area contributed by atoms with E-state index < -0.39 is 6.10 Å². The lowest BCUT2D eigenvalue weighted by Gasteiger charge is -2.07. The number of hydrogen-bond donors (Lipinski definition) is 1. The molecule has 0 amide bonds. The summed E-state index contributed by atoms with van der Waals surface area (Å²) in [6.07, 6.45) is 3.05. The number of hydrogen-bond acceptors (Lipinski definition) is 3. The topological polar surface area (TPSA) is 50.2 Å². The van der Waals surface area contributed by atoms with Crippen LogP contribution in [0.2, 0.25) is 0 Å². The molecule has 80 valence electrons. The number of rotatable bonds is 4. The Kier molecular flexibility index (Phi) is 3.17. The van der Waals surface area contributed by atoms with E-state index >= 15 is 0 Å². The van der Waals surface area contributed by atoms with Gasteiger partial charge in [-0.15, -0.1) is 0 Å². The molecule has 0 radical (unpaired) electrons. The van der Waals surface area contributed by atoms with Crippen molar-refractivity contribution in [1.29, 1.82) is 0 Å². The molecule has 1 aliphatic rings. The Balaban J connectivity index is 1.95. The number of Topliss-reactive ketones (excluding diaryl/α,β-unsaturated/α-hetero) is 1. The Morgan fingerprint density at radius 1 is 1.60 bits per heavy atom. The predicted molar refractivity (Wildman–Crippen MR) is 59.4 cm³/mol. The standard InChI is InChI=1S/C11H12BrNO2/c12-8-3-4-9(13-6-8)5-10(14)11(15)7-1-2-7/h3-4,6-7,11,15H,1-2,5H2. The zero-order valence-corrected chi connectivity index (χ0v) is 9.77. The van der Waals surface area contributed by atoms with Crippen molar-refractivity contribution in [1.82, 2.24) is 4.98 Å². The fourth-order valence-corrected chi connectivity index (χ4v) is 1.70. The van der Waals surface area contributed by atoms with Crippen molar-refractivity contribution >= 4 is 21.7 Å². The van der Waals surface area contributed by atoms with Crippen molar-refractivity contribution in [2.45, 2.75) is 25.4 Å². The van der Waals surface area contributed by atoms with Gasteiger partial charge in [0.2, 0.25) is 0 Å². The lowest BCUT2D eigenvalue weighted by molar-refractivity contribution is -0.127. The molecule has 0 aromatic carbocycles. The molecule has 4 heteroatoms. The summed E-state index contributed by atoms with van der Waals surface area (Å²) in [7, 11) is 0. The van der Waals surface area contributed by atoms with Crippen LogP contribution in [0.4, 0.5) is 0 Å². The van der Waals surface area contributed by atoms with Crippen molar-refractivity contribution in [3.8, 4) is 0 Å². The highest BCUT2D eigenvalue weighted by Crippen LogP contribution is 2.33. The van der Waals surface area contributed by atoms with E-state index in [0.717, 1.165) is 17.3 Å².